The first-order valence-corrected chi connectivity index (χ1v) is 7.72. The summed E-state index contributed by atoms with van der Waals surface area (Å²) in [5.74, 6) is -0.215. The molecule has 1 atom stereocenters. The van der Waals surface area contributed by atoms with Crippen molar-refractivity contribution < 1.29 is 13.2 Å². The summed E-state index contributed by atoms with van der Waals surface area (Å²) in [4.78, 5) is 13.7. The maximum atomic E-state index is 12.0. The highest BCUT2D eigenvalue weighted by Gasteiger charge is 2.36. The lowest BCUT2D eigenvalue weighted by atomic mass is 10.1. The highest BCUT2D eigenvalue weighted by atomic mass is 32.2. The number of hydrogen-bond acceptors (Lipinski definition) is 4. The summed E-state index contributed by atoms with van der Waals surface area (Å²) in [5.41, 5.74) is 5.35. The second-order valence-electron chi connectivity index (χ2n) is 4.33. The quantitative estimate of drug-likeness (QED) is 0.737. The fourth-order valence-corrected chi connectivity index (χ4v) is 3.86. The second kappa shape index (κ2) is 5.77. The summed E-state index contributed by atoms with van der Waals surface area (Å²) >= 11 is 4.72. The van der Waals surface area contributed by atoms with Crippen LogP contribution in [-0.4, -0.2) is 48.8 Å². The number of rotatable bonds is 4. The van der Waals surface area contributed by atoms with Gasteiger partial charge in [0, 0.05) is 20.0 Å². The van der Waals surface area contributed by atoms with Gasteiger partial charge >= 0.3 is 0 Å². The number of carbonyl (C=O) groups excluding carboxylic acids is 1. The standard InChI is InChI=1S/C10H18N2O3S2/c1-12(6-5-9(11)16)10(13)8-4-2-3-7-17(8,14)15/h8H,2-7H2,1H3,(H2,11,16). The van der Waals surface area contributed by atoms with Gasteiger partial charge in [-0.1, -0.05) is 18.6 Å². The van der Waals surface area contributed by atoms with E-state index < -0.39 is 15.1 Å². The first kappa shape index (κ1) is 14.4. The zero-order valence-electron chi connectivity index (χ0n) is 9.89. The minimum absolute atomic E-state index is 0.118. The van der Waals surface area contributed by atoms with Gasteiger partial charge in [-0.25, -0.2) is 8.42 Å². The van der Waals surface area contributed by atoms with E-state index in [9.17, 15) is 13.2 Å². The molecule has 1 rings (SSSR count). The molecule has 0 aliphatic carbocycles. The van der Waals surface area contributed by atoms with E-state index in [1.54, 1.807) is 7.05 Å². The zero-order valence-corrected chi connectivity index (χ0v) is 11.5. The molecule has 1 amide bonds. The van der Waals surface area contributed by atoms with E-state index in [0.29, 0.717) is 30.8 Å². The van der Waals surface area contributed by atoms with Crippen LogP contribution in [0, 0.1) is 0 Å². The third kappa shape index (κ3) is 3.92. The van der Waals surface area contributed by atoms with Crippen molar-refractivity contribution >= 4 is 33.0 Å². The van der Waals surface area contributed by atoms with Crippen LogP contribution < -0.4 is 5.73 Å². The van der Waals surface area contributed by atoms with Gasteiger partial charge in [-0.2, -0.15) is 0 Å². The van der Waals surface area contributed by atoms with Gasteiger partial charge in [0.15, 0.2) is 9.84 Å². The van der Waals surface area contributed by atoms with Gasteiger partial charge < -0.3 is 10.6 Å². The van der Waals surface area contributed by atoms with Crippen LogP contribution in [0.2, 0.25) is 0 Å². The summed E-state index contributed by atoms with van der Waals surface area (Å²) in [6.45, 7) is 0.375. The molecule has 0 aromatic heterocycles. The molecule has 1 heterocycles. The molecule has 1 aliphatic heterocycles. The summed E-state index contributed by atoms with van der Waals surface area (Å²) < 4.78 is 23.5. The lowest BCUT2D eigenvalue weighted by molar-refractivity contribution is -0.129. The van der Waals surface area contributed by atoms with Gasteiger partial charge in [0.25, 0.3) is 0 Å². The number of hydrogen-bond donors (Lipinski definition) is 1. The molecule has 0 spiro atoms. The van der Waals surface area contributed by atoms with E-state index in [1.807, 2.05) is 0 Å². The van der Waals surface area contributed by atoms with Crippen LogP contribution in [0.4, 0.5) is 0 Å². The van der Waals surface area contributed by atoms with Crippen LogP contribution in [0.25, 0.3) is 0 Å². The van der Waals surface area contributed by atoms with Crippen LogP contribution in [0.5, 0.6) is 0 Å². The molecule has 1 unspecified atom stereocenters. The molecule has 17 heavy (non-hydrogen) atoms. The Labute approximate surface area is 107 Å². The summed E-state index contributed by atoms with van der Waals surface area (Å²) in [6, 6.07) is 0. The minimum atomic E-state index is -3.26. The zero-order chi connectivity index (χ0) is 13.1. The Kier molecular flexibility index (Phi) is 4.88. The molecule has 0 saturated carbocycles. The lowest BCUT2D eigenvalue weighted by Gasteiger charge is -2.26. The van der Waals surface area contributed by atoms with Gasteiger partial charge in [-0.05, 0) is 12.8 Å². The van der Waals surface area contributed by atoms with E-state index in [-0.39, 0.29) is 11.7 Å². The SMILES string of the molecule is CN(CCC(N)=S)C(=O)C1CCCCS1(=O)=O. The van der Waals surface area contributed by atoms with Crippen molar-refractivity contribution in [1.82, 2.24) is 4.90 Å². The van der Waals surface area contributed by atoms with Crippen molar-refractivity contribution in [2.24, 2.45) is 5.73 Å². The van der Waals surface area contributed by atoms with Crippen LogP contribution in [0.1, 0.15) is 25.7 Å². The normalized spacial score (nSPS) is 23.0. The molecular formula is C10H18N2O3S2. The van der Waals surface area contributed by atoms with Crippen molar-refractivity contribution in [2.45, 2.75) is 30.9 Å². The molecule has 2 N–H and O–H groups in total. The fraction of sp³-hybridized carbons (Fsp3) is 0.800. The third-order valence-corrected chi connectivity index (χ3v) is 5.29. The van der Waals surface area contributed by atoms with E-state index in [1.165, 1.54) is 4.90 Å². The number of thiocarbonyl (C=S) groups is 1. The summed E-state index contributed by atoms with van der Waals surface area (Å²) in [7, 11) is -1.67. The number of amides is 1. The highest BCUT2D eigenvalue weighted by molar-refractivity contribution is 7.92. The Morgan fingerprint density at radius 3 is 2.65 bits per heavy atom. The Bertz CT molecular complexity index is 406. The van der Waals surface area contributed by atoms with Gasteiger partial charge in [-0.3, -0.25) is 4.79 Å². The van der Waals surface area contributed by atoms with Gasteiger partial charge in [0.2, 0.25) is 5.91 Å². The lowest BCUT2D eigenvalue weighted by Crippen LogP contribution is -2.44. The van der Waals surface area contributed by atoms with E-state index in [2.05, 4.69) is 0 Å². The van der Waals surface area contributed by atoms with E-state index >= 15 is 0 Å². The monoisotopic (exact) mass is 278 g/mol. The van der Waals surface area contributed by atoms with Gasteiger partial charge in [-0.15, -0.1) is 0 Å². The molecular weight excluding hydrogens is 260 g/mol. The van der Waals surface area contributed by atoms with Crippen molar-refractivity contribution in [3.05, 3.63) is 0 Å². The highest BCUT2D eigenvalue weighted by Crippen LogP contribution is 2.21. The average molecular weight is 278 g/mol. The minimum Gasteiger partial charge on any atom is -0.393 e. The van der Waals surface area contributed by atoms with Crippen LogP contribution in [0.3, 0.4) is 0 Å². The van der Waals surface area contributed by atoms with E-state index in [0.717, 1.165) is 6.42 Å². The number of nitrogens with zero attached hydrogens (tertiary/aromatic N) is 1. The molecule has 1 aliphatic rings. The largest absolute Gasteiger partial charge is 0.393 e. The Morgan fingerprint density at radius 2 is 2.12 bits per heavy atom. The summed E-state index contributed by atoms with van der Waals surface area (Å²) in [6.07, 6.45) is 2.30. The average Bonchev–Trinajstić information content (AvgIpc) is 2.24. The predicted molar refractivity (Wildman–Crippen MR) is 70.5 cm³/mol. The predicted octanol–water partition coefficient (Wildman–Crippen LogP) is 0.0883. The van der Waals surface area contributed by atoms with Crippen molar-refractivity contribution in [1.29, 1.82) is 0 Å². The number of carbonyl (C=O) groups is 1. The first-order chi connectivity index (χ1) is 7.84. The Morgan fingerprint density at radius 1 is 1.47 bits per heavy atom. The third-order valence-electron chi connectivity index (χ3n) is 2.92. The van der Waals surface area contributed by atoms with Gasteiger partial charge in [0.05, 0.1) is 10.7 Å². The fourth-order valence-electron chi connectivity index (χ4n) is 1.87. The first-order valence-electron chi connectivity index (χ1n) is 5.59. The van der Waals surface area contributed by atoms with Crippen molar-refractivity contribution in [3.63, 3.8) is 0 Å². The molecule has 98 valence electrons. The Hall–Kier alpha value is -0.690. The maximum Gasteiger partial charge on any atom is 0.240 e. The second-order valence-corrected chi connectivity index (χ2v) is 7.15. The van der Waals surface area contributed by atoms with Crippen molar-refractivity contribution in [2.75, 3.05) is 19.3 Å². The molecule has 1 saturated heterocycles. The van der Waals surface area contributed by atoms with Crippen LogP contribution in [-0.2, 0) is 14.6 Å². The number of sulfone groups is 1. The molecule has 0 aromatic carbocycles. The molecule has 0 aromatic rings. The van der Waals surface area contributed by atoms with E-state index in [4.69, 9.17) is 18.0 Å². The summed E-state index contributed by atoms with van der Waals surface area (Å²) in [5, 5.41) is -0.868. The number of nitrogens with two attached hydrogens (primary N) is 1. The molecule has 7 heteroatoms. The maximum absolute atomic E-state index is 12.0. The molecule has 5 nitrogen and oxygen atoms in total. The van der Waals surface area contributed by atoms with Crippen LogP contribution in [0.15, 0.2) is 0 Å². The molecule has 0 radical (unpaired) electrons. The van der Waals surface area contributed by atoms with Gasteiger partial charge in [0.1, 0.15) is 5.25 Å². The topological polar surface area (TPSA) is 80.5 Å². The Balaban J connectivity index is 2.65. The smallest absolute Gasteiger partial charge is 0.240 e. The molecule has 0 bridgehead atoms. The van der Waals surface area contributed by atoms with Crippen molar-refractivity contribution in [3.8, 4) is 0 Å². The molecule has 1 fully saturated rings. The van der Waals surface area contributed by atoms with Crippen LogP contribution >= 0.6 is 12.2 Å².